The third-order valence-corrected chi connectivity index (χ3v) is 4.53. The smallest absolute Gasteiger partial charge is 0.0490 e. The van der Waals surface area contributed by atoms with Crippen LogP contribution in [0, 0.1) is 0 Å². The number of anilines is 1. The van der Waals surface area contributed by atoms with Crippen molar-refractivity contribution in [2.24, 2.45) is 0 Å². The van der Waals surface area contributed by atoms with Gasteiger partial charge in [0.05, 0.1) is 0 Å². The van der Waals surface area contributed by atoms with Gasteiger partial charge in [-0.25, -0.2) is 0 Å². The Morgan fingerprint density at radius 3 is 2.74 bits per heavy atom. The Bertz CT molecular complexity index is 849. The standard InChI is InChI=1S/C17H12BrN/c1-19-9-8-13-12-5-3-2-4-11(12)10-14-15(18)6-7-16(19)17(13)14/h2-10H,1H3. The van der Waals surface area contributed by atoms with Crippen LogP contribution in [-0.4, -0.2) is 7.05 Å². The molecule has 0 unspecified atom stereocenters. The highest BCUT2D eigenvalue weighted by Gasteiger charge is 2.16. The summed E-state index contributed by atoms with van der Waals surface area (Å²) in [5, 5.41) is 5.22. The van der Waals surface area contributed by atoms with Crippen molar-refractivity contribution in [3.8, 4) is 0 Å². The normalized spacial score (nSPS) is 13.5. The third kappa shape index (κ3) is 1.47. The lowest BCUT2D eigenvalue weighted by Crippen LogP contribution is -2.11. The van der Waals surface area contributed by atoms with Crippen LogP contribution in [0.15, 0.2) is 53.1 Å². The summed E-state index contributed by atoms with van der Waals surface area (Å²) >= 11 is 3.68. The Morgan fingerprint density at radius 1 is 1.00 bits per heavy atom. The molecule has 0 amide bonds. The summed E-state index contributed by atoms with van der Waals surface area (Å²) in [5.41, 5.74) is 2.59. The highest BCUT2D eigenvalue weighted by atomic mass is 79.9. The third-order valence-electron chi connectivity index (χ3n) is 3.84. The molecule has 0 fully saturated rings. The van der Waals surface area contributed by atoms with Gasteiger partial charge in [0.15, 0.2) is 0 Å². The van der Waals surface area contributed by atoms with Crippen LogP contribution in [0.25, 0.3) is 27.6 Å². The molecule has 0 atom stereocenters. The van der Waals surface area contributed by atoms with Gasteiger partial charge in [-0.05, 0) is 46.0 Å². The second-order valence-corrected chi connectivity index (χ2v) is 5.78. The molecule has 0 aromatic heterocycles. The van der Waals surface area contributed by atoms with Crippen molar-refractivity contribution in [2.45, 2.75) is 0 Å². The minimum atomic E-state index is 1.15. The van der Waals surface area contributed by atoms with Gasteiger partial charge in [-0.15, -0.1) is 0 Å². The molecule has 0 radical (unpaired) electrons. The van der Waals surface area contributed by atoms with E-state index in [9.17, 15) is 0 Å². The van der Waals surface area contributed by atoms with Crippen LogP contribution >= 0.6 is 15.9 Å². The molecule has 0 bridgehead atoms. The average Bonchev–Trinajstić information content (AvgIpc) is 2.44. The number of rotatable bonds is 0. The molecule has 0 saturated heterocycles. The first kappa shape index (κ1) is 11.1. The summed E-state index contributed by atoms with van der Waals surface area (Å²) in [7, 11) is 2.09. The van der Waals surface area contributed by atoms with E-state index in [0.717, 1.165) is 4.47 Å². The van der Waals surface area contributed by atoms with Gasteiger partial charge in [0.2, 0.25) is 0 Å². The van der Waals surface area contributed by atoms with Gasteiger partial charge in [0, 0.05) is 28.8 Å². The first-order chi connectivity index (χ1) is 9.25. The van der Waals surface area contributed by atoms with Crippen molar-refractivity contribution >= 4 is 49.2 Å². The molecule has 0 saturated carbocycles. The van der Waals surface area contributed by atoms with Gasteiger partial charge < -0.3 is 4.90 Å². The maximum atomic E-state index is 3.68. The van der Waals surface area contributed by atoms with E-state index in [0.29, 0.717) is 0 Å². The van der Waals surface area contributed by atoms with Crippen molar-refractivity contribution < 1.29 is 0 Å². The molecule has 4 rings (SSSR count). The van der Waals surface area contributed by atoms with Gasteiger partial charge in [0.25, 0.3) is 0 Å². The zero-order chi connectivity index (χ0) is 13.0. The van der Waals surface area contributed by atoms with E-state index in [-0.39, 0.29) is 0 Å². The van der Waals surface area contributed by atoms with Crippen molar-refractivity contribution in [1.29, 1.82) is 0 Å². The second kappa shape index (κ2) is 3.84. The van der Waals surface area contributed by atoms with Crippen LogP contribution in [0.5, 0.6) is 0 Å². The maximum absolute atomic E-state index is 3.68. The topological polar surface area (TPSA) is 3.24 Å². The molecule has 0 N–H and O–H groups in total. The largest absolute Gasteiger partial charge is 0.351 e. The summed E-state index contributed by atoms with van der Waals surface area (Å²) in [4.78, 5) is 2.18. The molecule has 3 aromatic carbocycles. The summed E-state index contributed by atoms with van der Waals surface area (Å²) < 4.78 is 1.15. The number of nitrogens with zero attached hydrogens (tertiary/aromatic N) is 1. The quantitative estimate of drug-likeness (QED) is 0.517. The van der Waals surface area contributed by atoms with E-state index in [1.165, 1.54) is 32.8 Å². The van der Waals surface area contributed by atoms with Crippen molar-refractivity contribution in [1.82, 2.24) is 0 Å². The first-order valence-electron chi connectivity index (χ1n) is 6.31. The SMILES string of the molecule is CN1C=Cc2c3ccccc3cc3c(Br)ccc1c23. The average molecular weight is 310 g/mol. The minimum Gasteiger partial charge on any atom is -0.351 e. The number of fused-ring (bicyclic) bond motifs is 2. The Hall–Kier alpha value is -1.80. The fourth-order valence-corrected chi connectivity index (χ4v) is 3.34. The molecule has 19 heavy (non-hydrogen) atoms. The maximum Gasteiger partial charge on any atom is 0.0490 e. The molecular formula is C17H12BrN. The van der Waals surface area contributed by atoms with E-state index in [1.807, 2.05) is 0 Å². The number of halogens is 1. The fraction of sp³-hybridized carbons (Fsp3) is 0.0588. The van der Waals surface area contributed by atoms with Gasteiger partial charge in [-0.2, -0.15) is 0 Å². The van der Waals surface area contributed by atoms with E-state index in [1.54, 1.807) is 0 Å². The Morgan fingerprint density at radius 2 is 1.84 bits per heavy atom. The van der Waals surface area contributed by atoms with E-state index in [4.69, 9.17) is 0 Å². The van der Waals surface area contributed by atoms with Crippen molar-refractivity contribution in [3.05, 3.63) is 58.7 Å². The first-order valence-corrected chi connectivity index (χ1v) is 7.10. The predicted octanol–water partition coefficient (Wildman–Crippen LogP) is 5.18. The highest BCUT2D eigenvalue weighted by Crippen LogP contribution is 2.41. The van der Waals surface area contributed by atoms with Crippen molar-refractivity contribution in [2.75, 3.05) is 11.9 Å². The van der Waals surface area contributed by atoms with Crippen LogP contribution in [0.4, 0.5) is 5.69 Å². The van der Waals surface area contributed by atoms with Crippen molar-refractivity contribution in [3.63, 3.8) is 0 Å². The minimum absolute atomic E-state index is 1.15. The molecule has 92 valence electrons. The number of hydrogen-bond acceptors (Lipinski definition) is 1. The van der Waals surface area contributed by atoms with Gasteiger partial charge >= 0.3 is 0 Å². The summed E-state index contributed by atoms with van der Waals surface area (Å²) in [6.45, 7) is 0. The van der Waals surface area contributed by atoms with Gasteiger partial charge in [0.1, 0.15) is 0 Å². The Labute approximate surface area is 120 Å². The molecule has 1 aliphatic rings. The monoisotopic (exact) mass is 309 g/mol. The van der Waals surface area contributed by atoms with Crippen LogP contribution in [0.1, 0.15) is 5.56 Å². The molecule has 1 nitrogen and oxygen atoms in total. The molecule has 3 aromatic rings. The van der Waals surface area contributed by atoms with Crippen LogP contribution in [0.3, 0.4) is 0 Å². The number of hydrogen-bond donors (Lipinski definition) is 0. The van der Waals surface area contributed by atoms with Gasteiger partial charge in [-0.1, -0.05) is 40.2 Å². The lowest BCUT2D eigenvalue weighted by Gasteiger charge is -2.24. The van der Waals surface area contributed by atoms with E-state index < -0.39 is 0 Å². The summed E-state index contributed by atoms with van der Waals surface area (Å²) in [5.74, 6) is 0. The molecule has 0 spiro atoms. The fourth-order valence-electron chi connectivity index (χ4n) is 2.90. The zero-order valence-corrected chi connectivity index (χ0v) is 12.1. The second-order valence-electron chi connectivity index (χ2n) is 4.93. The van der Waals surface area contributed by atoms with Gasteiger partial charge in [-0.3, -0.25) is 0 Å². The Kier molecular flexibility index (Phi) is 2.24. The molecule has 1 aliphatic heterocycles. The van der Waals surface area contributed by atoms with Crippen LogP contribution in [-0.2, 0) is 0 Å². The summed E-state index contributed by atoms with van der Waals surface area (Å²) in [6.07, 6.45) is 4.35. The molecular weight excluding hydrogens is 298 g/mol. The molecule has 1 heterocycles. The highest BCUT2D eigenvalue weighted by molar-refractivity contribution is 9.10. The van der Waals surface area contributed by atoms with E-state index >= 15 is 0 Å². The number of benzene rings is 3. The van der Waals surface area contributed by atoms with Crippen LogP contribution in [0.2, 0.25) is 0 Å². The molecule has 2 heteroatoms. The summed E-state index contributed by atoms with van der Waals surface area (Å²) in [6, 6.07) is 15.2. The lowest BCUT2D eigenvalue weighted by atomic mass is 9.94. The van der Waals surface area contributed by atoms with E-state index in [2.05, 4.69) is 82.6 Å². The van der Waals surface area contributed by atoms with Crippen LogP contribution < -0.4 is 4.90 Å². The molecule has 0 aliphatic carbocycles. The zero-order valence-electron chi connectivity index (χ0n) is 10.5. The Balaban J connectivity index is 2.33. The predicted molar refractivity (Wildman–Crippen MR) is 86.6 cm³/mol. The lowest BCUT2D eigenvalue weighted by molar-refractivity contribution is 1.22.